The van der Waals surface area contributed by atoms with Gasteiger partial charge in [0.1, 0.15) is 0 Å². The number of hydrogen-bond donors (Lipinski definition) is 0. The standard InChI is InChI=1S/C7H10F3N.C2H6/c1-11-3-5-2-6(5,4-11)7(8,9)10;1-2/h5H,2-4H2,1H3;1-2H3. The van der Waals surface area contributed by atoms with Crippen molar-refractivity contribution in [3.05, 3.63) is 0 Å². The largest absolute Gasteiger partial charge is 0.396 e. The molecule has 2 unspecified atom stereocenters. The van der Waals surface area contributed by atoms with Crippen LogP contribution in [0.4, 0.5) is 13.2 Å². The van der Waals surface area contributed by atoms with Crippen molar-refractivity contribution < 1.29 is 13.2 Å². The predicted octanol–water partition coefficient (Wildman–Crippen LogP) is 2.53. The molecule has 13 heavy (non-hydrogen) atoms. The van der Waals surface area contributed by atoms with E-state index in [9.17, 15) is 13.2 Å². The smallest absolute Gasteiger partial charge is 0.305 e. The summed E-state index contributed by atoms with van der Waals surface area (Å²) in [7, 11) is 1.75. The minimum Gasteiger partial charge on any atom is -0.305 e. The van der Waals surface area contributed by atoms with Crippen molar-refractivity contribution in [3.8, 4) is 0 Å². The van der Waals surface area contributed by atoms with Crippen molar-refractivity contribution in [1.82, 2.24) is 4.90 Å². The maximum atomic E-state index is 12.3. The third-order valence-electron chi connectivity index (χ3n) is 2.88. The lowest BCUT2D eigenvalue weighted by Crippen LogP contribution is -2.31. The van der Waals surface area contributed by atoms with Crippen LogP contribution >= 0.6 is 0 Å². The summed E-state index contributed by atoms with van der Waals surface area (Å²) in [6.45, 7) is 4.83. The summed E-state index contributed by atoms with van der Waals surface area (Å²) >= 11 is 0. The SMILES string of the molecule is CC.CN1CC2CC2(C(F)(F)F)C1. The molecule has 2 aliphatic rings. The van der Waals surface area contributed by atoms with Crippen LogP contribution in [0.1, 0.15) is 20.3 Å². The first-order valence-corrected chi connectivity index (χ1v) is 4.71. The summed E-state index contributed by atoms with van der Waals surface area (Å²) in [5, 5.41) is 0. The lowest BCUT2D eigenvalue weighted by molar-refractivity contribution is -0.187. The van der Waals surface area contributed by atoms with Gasteiger partial charge in [-0.15, -0.1) is 0 Å². The molecule has 0 aromatic carbocycles. The van der Waals surface area contributed by atoms with Gasteiger partial charge in [0.25, 0.3) is 0 Å². The van der Waals surface area contributed by atoms with E-state index in [1.807, 2.05) is 13.8 Å². The highest BCUT2D eigenvalue weighted by molar-refractivity contribution is 5.13. The van der Waals surface area contributed by atoms with Crippen LogP contribution in [0.3, 0.4) is 0 Å². The topological polar surface area (TPSA) is 3.24 Å². The highest BCUT2D eigenvalue weighted by Crippen LogP contribution is 2.65. The third-order valence-corrected chi connectivity index (χ3v) is 2.88. The monoisotopic (exact) mass is 195 g/mol. The number of nitrogens with zero attached hydrogens (tertiary/aromatic N) is 1. The fourth-order valence-electron chi connectivity index (χ4n) is 2.17. The predicted molar refractivity (Wildman–Crippen MR) is 45.4 cm³/mol. The highest BCUT2D eigenvalue weighted by Gasteiger charge is 2.73. The zero-order chi connectivity index (χ0) is 10.3. The molecule has 2 fully saturated rings. The van der Waals surface area contributed by atoms with E-state index in [-0.39, 0.29) is 12.5 Å². The second-order valence-corrected chi connectivity index (χ2v) is 3.75. The molecule has 0 aromatic rings. The van der Waals surface area contributed by atoms with Crippen LogP contribution in [0, 0.1) is 11.3 Å². The summed E-state index contributed by atoms with van der Waals surface area (Å²) in [6.07, 6.45) is -3.61. The highest BCUT2D eigenvalue weighted by atomic mass is 19.4. The molecular formula is C9H16F3N. The zero-order valence-corrected chi connectivity index (χ0v) is 8.28. The maximum absolute atomic E-state index is 12.3. The summed E-state index contributed by atoms with van der Waals surface area (Å²) in [6, 6.07) is 0. The molecule has 2 rings (SSSR count). The second-order valence-electron chi connectivity index (χ2n) is 3.75. The van der Waals surface area contributed by atoms with Crippen LogP contribution in [0.15, 0.2) is 0 Å². The van der Waals surface area contributed by atoms with Gasteiger partial charge < -0.3 is 4.90 Å². The van der Waals surface area contributed by atoms with Crippen LogP contribution in [-0.4, -0.2) is 31.2 Å². The van der Waals surface area contributed by atoms with E-state index in [1.54, 1.807) is 11.9 Å². The Morgan fingerprint density at radius 3 is 2.08 bits per heavy atom. The first kappa shape index (κ1) is 10.8. The molecule has 78 valence electrons. The Morgan fingerprint density at radius 1 is 1.31 bits per heavy atom. The van der Waals surface area contributed by atoms with E-state index >= 15 is 0 Å². The molecule has 0 spiro atoms. The van der Waals surface area contributed by atoms with E-state index in [1.165, 1.54) is 0 Å². The molecule has 2 atom stereocenters. The minimum atomic E-state index is -3.97. The lowest BCUT2D eigenvalue weighted by atomic mass is 10.1. The zero-order valence-electron chi connectivity index (χ0n) is 8.28. The molecule has 1 aliphatic heterocycles. The third kappa shape index (κ3) is 1.56. The number of halogens is 3. The minimum absolute atomic E-state index is 0.104. The first-order valence-electron chi connectivity index (χ1n) is 4.71. The molecule has 0 N–H and O–H groups in total. The van der Waals surface area contributed by atoms with E-state index in [4.69, 9.17) is 0 Å². The Morgan fingerprint density at radius 2 is 1.85 bits per heavy atom. The number of fused-ring (bicyclic) bond motifs is 1. The molecule has 1 aliphatic carbocycles. The molecular weight excluding hydrogens is 179 g/mol. The van der Waals surface area contributed by atoms with Gasteiger partial charge in [0.15, 0.2) is 0 Å². The summed E-state index contributed by atoms with van der Waals surface area (Å²) in [5.74, 6) is -0.104. The summed E-state index contributed by atoms with van der Waals surface area (Å²) in [4.78, 5) is 1.77. The van der Waals surface area contributed by atoms with Gasteiger partial charge in [-0.2, -0.15) is 13.2 Å². The van der Waals surface area contributed by atoms with E-state index in [0.717, 1.165) is 0 Å². The Balaban J connectivity index is 0.000000396. The molecule has 0 aromatic heterocycles. The maximum Gasteiger partial charge on any atom is 0.396 e. The number of likely N-dealkylation sites (tertiary alicyclic amines) is 1. The normalized spacial score (nSPS) is 37.8. The molecule has 0 amide bonds. The Hall–Kier alpha value is -0.250. The van der Waals surface area contributed by atoms with Crippen LogP contribution in [0.25, 0.3) is 0 Å². The Bertz CT molecular complexity index is 190. The van der Waals surface area contributed by atoms with Gasteiger partial charge in [-0.1, -0.05) is 13.8 Å². The fourth-order valence-corrected chi connectivity index (χ4v) is 2.17. The molecule has 1 nitrogen and oxygen atoms in total. The van der Waals surface area contributed by atoms with E-state index in [0.29, 0.717) is 13.0 Å². The van der Waals surface area contributed by atoms with Crippen LogP contribution < -0.4 is 0 Å². The van der Waals surface area contributed by atoms with Gasteiger partial charge in [0.2, 0.25) is 0 Å². The van der Waals surface area contributed by atoms with Crippen molar-refractivity contribution in [1.29, 1.82) is 0 Å². The average Bonchev–Trinajstić information content (AvgIpc) is 2.59. The number of alkyl halides is 3. The van der Waals surface area contributed by atoms with Crippen molar-refractivity contribution in [3.63, 3.8) is 0 Å². The number of rotatable bonds is 0. The van der Waals surface area contributed by atoms with E-state index < -0.39 is 11.6 Å². The van der Waals surface area contributed by atoms with Gasteiger partial charge in [-0.3, -0.25) is 0 Å². The Kier molecular flexibility index (Phi) is 2.63. The van der Waals surface area contributed by atoms with Gasteiger partial charge in [-0.05, 0) is 19.4 Å². The Labute approximate surface area is 76.9 Å². The number of piperidine rings is 1. The average molecular weight is 195 g/mol. The molecule has 0 bridgehead atoms. The molecule has 1 saturated heterocycles. The van der Waals surface area contributed by atoms with Crippen molar-refractivity contribution in [2.45, 2.75) is 26.4 Å². The van der Waals surface area contributed by atoms with Crippen LogP contribution in [0.5, 0.6) is 0 Å². The molecule has 4 heteroatoms. The van der Waals surface area contributed by atoms with Crippen molar-refractivity contribution in [2.24, 2.45) is 11.3 Å². The summed E-state index contributed by atoms with van der Waals surface area (Å²) < 4.78 is 37.0. The first-order chi connectivity index (χ1) is 5.96. The van der Waals surface area contributed by atoms with Crippen molar-refractivity contribution >= 4 is 0 Å². The molecule has 0 radical (unpaired) electrons. The van der Waals surface area contributed by atoms with Crippen LogP contribution in [0.2, 0.25) is 0 Å². The fraction of sp³-hybridized carbons (Fsp3) is 1.00. The summed E-state index contributed by atoms with van der Waals surface area (Å²) in [5.41, 5.74) is -1.30. The molecule has 1 heterocycles. The molecule has 1 saturated carbocycles. The number of hydrogen-bond acceptors (Lipinski definition) is 1. The van der Waals surface area contributed by atoms with Gasteiger partial charge in [0.05, 0.1) is 5.41 Å². The second kappa shape index (κ2) is 3.15. The van der Waals surface area contributed by atoms with Gasteiger partial charge in [-0.25, -0.2) is 0 Å². The quantitative estimate of drug-likeness (QED) is 0.574. The van der Waals surface area contributed by atoms with Gasteiger partial charge >= 0.3 is 6.18 Å². The van der Waals surface area contributed by atoms with Crippen molar-refractivity contribution in [2.75, 3.05) is 20.1 Å². The lowest BCUT2D eigenvalue weighted by Gasteiger charge is -2.18. The van der Waals surface area contributed by atoms with Crippen LogP contribution in [-0.2, 0) is 0 Å². The van der Waals surface area contributed by atoms with E-state index in [2.05, 4.69) is 0 Å². The van der Waals surface area contributed by atoms with Gasteiger partial charge in [0, 0.05) is 13.1 Å².